The molecule has 3 aliphatic heterocycles. The van der Waals surface area contributed by atoms with Crippen LogP contribution in [0.2, 0.25) is 0 Å². The Morgan fingerprint density at radius 2 is 0.610 bits per heavy atom. The Kier molecular flexibility index (Phi) is 23.5. The normalized spacial score (nSPS) is 19.0. The Balaban J connectivity index is 0.000000145. The molecule has 9 aromatic rings. The van der Waals surface area contributed by atoms with Gasteiger partial charge in [0.05, 0.1) is 35.9 Å². The predicted octanol–water partition coefficient (Wildman–Crippen LogP) is 22.7. The average Bonchev–Trinajstić information content (AvgIpc) is 1.73. The first kappa shape index (κ1) is 75.5. The highest BCUT2D eigenvalue weighted by Crippen LogP contribution is 2.52. The van der Waals surface area contributed by atoms with Crippen LogP contribution < -0.4 is 14.7 Å². The van der Waals surface area contributed by atoms with Gasteiger partial charge in [0.1, 0.15) is 17.5 Å². The SMILES string of the molecule is CSF.Cc1ccc(F)c(-c2ccc(C3CCc4ccc([C@H](C5CC5)[C@H](C)C(=O)O)cc4N3C)cc2)c1.Cc1ccc(F)c(-c2ccc(C3CCc4ccc([C@H](C5CC5)[C@H](C)C(=O)O)cc4N3C)cc2)c1.Cc1ccc(F)c(-c2ccc(C3CCc4ccc([C@H](C5CC5)[C@H](C)C(=O)O)cc4N3C)cc2)c1. The third-order valence-corrected chi connectivity index (χ3v) is 23.4. The van der Waals surface area contributed by atoms with E-state index >= 15 is 0 Å². The molecule has 3 unspecified atom stereocenters. The molecule has 3 fully saturated rings. The van der Waals surface area contributed by atoms with Crippen LogP contribution in [0.25, 0.3) is 33.4 Å². The second-order valence-electron chi connectivity index (χ2n) is 30.6. The van der Waals surface area contributed by atoms with Crippen molar-refractivity contribution in [2.45, 2.75) is 154 Å². The number of halogens is 4. The van der Waals surface area contributed by atoms with Crippen molar-refractivity contribution in [1.29, 1.82) is 0 Å². The number of nitrogens with zero attached hydrogens (tertiary/aromatic N) is 3. The lowest BCUT2D eigenvalue weighted by molar-refractivity contribution is -0.143. The molecule has 3 saturated carbocycles. The fourth-order valence-electron chi connectivity index (χ4n) is 17.1. The van der Waals surface area contributed by atoms with Crippen molar-refractivity contribution in [3.05, 3.63) is 266 Å². The lowest BCUT2D eigenvalue weighted by Gasteiger charge is -2.37. The van der Waals surface area contributed by atoms with E-state index in [1.165, 1.54) is 74.9 Å². The minimum absolute atomic E-state index is 0.0695. The fraction of sp³-hybridized carbons (Fsp3) is 0.374. The molecule has 0 aromatic heterocycles. The molecule has 9 aromatic carbocycles. The number of aliphatic carboxylic acids is 3. The second-order valence-corrected chi connectivity index (χ2v) is 30.9. The van der Waals surface area contributed by atoms with Gasteiger partial charge in [-0.15, -0.1) is 0 Å². The molecule has 0 amide bonds. The maximum absolute atomic E-state index is 14.4. The first-order valence-electron chi connectivity index (χ1n) is 37.4. The van der Waals surface area contributed by atoms with Crippen molar-refractivity contribution in [3.63, 3.8) is 0 Å². The average molecular weight is 1440 g/mol. The van der Waals surface area contributed by atoms with Crippen LogP contribution in [0.5, 0.6) is 0 Å². The summed E-state index contributed by atoms with van der Waals surface area (Å²) in [7, 11) is 6.40. The fourth-order valence-corrected chi connectivity index (χ4v) is 17.1. The highest BCUT2D eigenvalue weighted by Gasteiger charge is 2.42. The number of anilines is 3. The van der Waals surface area contributed by atoms with Gasteiger partial charge in [0.15, 0.2) is 0 Å². The first-order valence-corrected chi connectivity index (χ1v) is 38.5. The van der Waals surface area contributed by atoms with Gasteiger partial charge >= 0.3 is 17.9 Å². The number of aryl methyl sites for hydroxylation is 6. The van der Waals surface area contributed by atoms with Crippen LogP contribution in [0, 0.1) is 73.7 Å². The van der Waals surface area contributed by atoms with Crippen LogP contribution in [0.1, 0.15) is 181 Å². The summed E-state index contributed by atoms with van der Waals surface area (Å²) in [5.74, 6) is -2.26. The van der Waals surface area contributed by atoms with Crippen molar-refractivity contribution in [2.24, 2.45) is 35.5 Å². The molecule has 548 valence electrons. The van der Waals surface area contributed by atoms with E-state index in [4.69, 9.17) is 0 Å². The van der Waals surface area contributed by atoms with Crippen molar-refractivity contribution in [2.75, 3.05) is 42.1 Å². The summed E-state index contributed by atoms with van der Waals surface area (Å²) in [6.45, 7) is 11.5. The summed E-state index contributed by atoms with van der Waals surface area (Å²) in [5, 5.41) is 29.0. The third kappa shape index (κ3) is 17.1. The van der Waals surface area contributed by atoms with E-state index in [-0.39, 0.29) is 83.2 Å². The Hall–Kier alpha value is -9.14. The molecule has 105 heavy (non-hydrogen) atoms. The molecular weight excluding hydrogens is 1340 g/mol. The topological polar surface area (TPSA) is 122 Å². The summed E-state index contributed by atoms with van der Waals surface area (Å²) >= 11 is 0.250. The molecule has 0 radical (unpaired) electrons. The number of benzene rings is 9. The number of rotatable bonds is 18. The molecule has 0 saturated heterocycles. The smallest absolute Gasteiger partial charge is 0.306 e. The molecule has 6 aliphatic rings. The van der Waals surface area contributed by atoms with E-state index in [0.717, 1.165) is 127 Å². The highest BCUT2D eigenvalue weighted by atomic mass is 32.2. The Bertz CT molecular complexity index is 4140. The summed E-state index contributed by atoms with van der Waals surface area (Å²) in [6, 6.07) is 60.9. The minimum Gasteiger partial charge on any atom is -0.481 e. The standard InChI is InChI=1S/3C30H32FNO2.CH3FS/c3*1-18-4-14-26(31)25(16-18)20-5-7-21(8-6-20)27-15-13-22-9-12-24(17-28(22)32(27)3)29(23-10-11-23)19(2)30(33)34;1-3-2/h3*4-9,12,14,16-17,19,23,27,29H,10-11,13,15H2,1-3H3,(H,33,34);1H3/t3*19-,27?,29-;/m000./s1. The molecule has 14 heteroatoms. The van der Waals surface area contributed by atoms with E-state index in [1.54, 1.807) is 18.2 Å². The van der Waals surface area contributed by atoms with E-state index in [0.29, 0.717) is 34.4 Å². The highest BCUT2D eigenvalue weighted by molar-refractivity contribution is 7.93. The van der Waals surface area contributed by atoms with Crippen LogP contribution >= 0.6 is 12.1 Å². The molecule has 15 rings (SSSR count). The van der Waals surface area contributed by atoms with E-state index < -0.39 is 17.9 Å². The van der Waals surface area contributed by atoms with E-state index in [9.17, 15) is 46.8 Å². The number of hydrogen-bond acceptors (Lipinski definition) is 7. The molecule has 9 nitrogen and oxygen atoms in total. The Labute approximate surface area is 622 Å². The number of carbonyl (C=O) groups is 3. The van der Waals surface area contributed by atoms with Gasteiger partial charge in [-0.25, -0.2) is 13.2 Å². The summed E-state index contributed by atoms with van der Waals surface area (Å²) in [6.07, 6.45) is 14.1. The maximum Gasteiger partial charge on any atom is 0.306 e. The lowest BCUT2D eigenvalue weighted by atomic mass is 9.81. The molecule has 3 heterocycles. The number of carboxylic acids is 3. The van der Waals surface area contributed by atoms with Gasteiger partial charge < -0.3 is 30.0 Å². The molecule has 9 atom stereocenters. The van der Waals surface area contributed by atoms with Gasteiger partial charge in [-0.1, -0.05) is 165 Å². The van der Waals surface area contributed by atoms with Gasteiger partial charge in [-0.3, -0.25) is 14.4 Å². The number of hydrogen-bond donors (Lipinski definition) is 3. The summed E-state index contributed by atoms with van der Waals surface area (Å²) < 4.78 is 53.3. The molecule has 3 N–H and O–H groups in total. The summed E-state index contributed by atoms with van der Waals surface area (Å²) in [5.41, 5.74) is 22.4. The number of fused-ring (bicyclic) bond motifs is 3. The molecular formula is C91H99F4N3O6S. The zero-order chi connectivity index (χ0) is 74.7. The van der Waals surface area contributed by atoms with Gasteiger partial charge in [0.2, 0.25) is 0 Å². The van der Waals surface area contributed by atoms with E-state index in [2.05, 4.69) is 127 Å². The van der Waals surface area contributed by atoms with Crippen molar-refractivity contribution < 1.29 is 46.8 Å². The van der Waals surface area contributed by atoms with Crippen molar-refractivity contribution >= 4 is 47.1 Å². The first-order chi connectivity index (χ1) is 50.4. The summed E-state index contributed by atoms with van der Waals surface area (Å²) in [4.78, 5) is 42.3. The molecule has 3 aliphatic carbocycles. The second kappa shape index (κ2) is 32.7. The minimum atomic E-state index is -0.717. The lowest BCUT2D eigenvalue weighted by Crippen LogP contribution is -2.30. The van der Waals surface area contributed by atoms with Crippen molar-refractivity contribution in [3.8, 4) is 33.4 Å². The largest absolute Gasteiger partial charge is 0.481 e. The Morgan fingerprint density at radius 3 is 0.829 bits per heavy atom. The third-order valence-electron chi connectivity index (χ3n) is 23.4. The van der Waals surface area contributed by atoms with Gasteiger partial charge in [0, 0.05) is 73.3 Å². The van der Waals surface area contributed by atoms with Gasteiger partial charge in [-0.05, 0) is 255 Å². The van der Waals surface area contributed by atoms with E-state index in [1.807, 2.05) is 96.1 Å². The quantitative estimate of drug-likeness (QED) is 0.0716. The van der Waals surface area contributed by atoms with Crippen LogP contribution in [0.4, 0.5) is 34.1 Å². The van der Waals surface area contributed by atoms with Crippen LogP contribution in [0.15, 0.2) is 182 Å². The van der Waals surface area contributed by atoms with Crippen LogP contribution in [-0.2, 0) is 33.6 Å². The maximum atomic E-state index is 14.4. The van der Waals surface area contributed by atoms with Crippen LogP contribution in [-0.4, -0.2) is 60.6 Å². The molecule has 0 bridgehead atoms. The zero-order valence-electron chi connectivity index (χ0n) is 62.1. The van der Waals surface area contributed by atoms with Crippen LogP contribution in [0.3, 0.4) is 0 Å². The zero-order valence-corrected chi connectivity index (χ0v) is 62.9. The van der Waals surface area contributed by atoms with Crippen molar-refractivity contribution in [1.82, 2.24) is 0 Å². The number of carboxylic acid groups (broad SMARTS) is 3. The Morgan fingerprint density at radius 1 is 0.371 bits per heavy atom. The molecule has 0 spiro atoms. The monoisotopic (exact) mass is 1440 g/mol. The van der Waals surface area contributed by atoms with Gasteiger partial charge in [-0.2, -0.15) is 3.89 Å². The van der Waals surface area contributed by atoms with Gasteiger partial charge in [0.25, 0.3) is 0 Å². The predicted molar refractivity (Wildman–Crippen MR) is 419 cm³/mol.